The van der Waals surface area contributed by atoms with Crippen LogP contribution in [-0.2, 0) is 5.54 Å². The molecule has 0 fully saturated rings. The van der Waals surface area contributed by atoms with Crippen LogP contribution in [0.5, 0.6) is 0 Å². The van der Waals surface area contributed by atoms with E-state index in [0.29, 0.717) is 27.9 Å². The number of anilines is 1. The third-order valence-electron chi connectivity index (χ3n) is 3.57. The fourth-order valence-electron chi connectivity index (χ4n) is 2.31. The van der Waals surface area contributed by atoms with Gasteiger partial charge in [-0.15, -0.1) is 0 Å². The minimum Gasteiger partial charge on any atom is -0.364 e. The van der Waals surface area contributed by atoms with Crippen molar-refractivity contribution in [2.75, 3.05) is 5.32 Å². The van der Waals surface area contributed by atoms with Crippen molar-refractivity contribution in [2.24, 2.45) is 5.73 Å². The van der Waals surface area contributed by atoms with Crippen molar-refractivity contribution >= 4 is 23.5 Å². The number of nitrogens with two attached hydrogens (primary N) is 1. The zero-order chi connectivity index (χ0) is 18.0. The van der Waals surface area contributed by atoms with Crippen LogP contribution in [-0.4, -0.2) is 31.1 Å². The SMILES string of the molecule is CC(C)(Nc1ncc(-c2cc(C(N)=O)n[nH]2)cn1)c1ncccc1Cl. The van der Waals surface area contributed by atoms with Gasteiger partial charge in [0.05, 0.1) is 21.9 Å². The normalized spacial score (nSPS) is 11.3. The van der Waals surface area contributed by atoms with Crippen molar-refractivity contribution in [2.45, 2.75) is 19.4 Å². The van der Waals surface area contributed by atoms with E-state index in [0.717, 1.165) is 0 Å². The zero-order valence-electron chi connectivity index (χ0n) is 13.6. The van der Waals surface area contributed by atoms with Crippen molar-refractivity contribution in [3.8, 4) is 11.3 Å². The van der Waals surface area contributed by atoms with Crippen LogP contribution in [0, 0.1) is 0 Å². The molecule has 0 spiro atoms. The summed E-state index contributed by atoms with van der Waals surface area (Å²) < 4.78 is 0. The van der Waals surface area contributed by atoms with Gasteiger partial charge in [-0.05, 0) is 32.0 Å². The van der Waals surface area contributed by atoms with Crippen LogP contribution in [0.2, 0.25) is 5.02 Å². The molecule has 1 amide bonds. The molecule has 0 saturated heterocycles. The number of pyridine rings is 1. The second kappa shape index (κ2) is 6.48. The molecule has 8 nitrogen and oxygen atoms in total. The van der Waals surface area contributed by atoms with E-state index in [1.807, 2.05) is 13.8 Å². The molecule has 25 heavy (non-hydrogen) atoms. The number of amides is 1. The molecule has 3 aromatic heterocycles. The fraction of sp³-hybridized carbons (Fsp3) is 0.188. The predicted molar refractivity (Wildman–Crippen MR) is 94.0 cm³/mol. The highest BCUT2D eigenvalue weighted by atomic mass is 35.5. The van der Waals surface area contributed by atoms with Crippen molar-refractivity contribution in [1.82, 2.24) is 25.1 Å². The summed E-state index contributed by atoms with van der Waals surface area (Å²) >= 11 is 6.22. The van der Waals surface area contributed by atoms with Gasteiger partial charge in [0.15, 0.2) is 0 Å². The number of carbonyl (C=O) groups is 1. The number of halogens is 1. The third kappa shape index (κ3) is 3.58. The van der Waals surface area contributed by atoms with Gasteiger partial charge < -0.3 is 11.1 Å². The van der Waals surface area contributed by atoms with Gasteiger partial charge in [0.2, 0.25) is 5.95 Å². The highest BCUT2D eigenvalue weighted by Gasteiger charge is 2.25. The number of hydrogen-bond acceptors (Lipinski definition) is 6. The van der Waals surface area contributed by atoms with E-state index in [2.05, 4.69) is 30.5 Å². The van der Waals surface area contributed by atoms with E-state index in [-0.39, 0.29) is 5.69 Å². The van der Waals surface area contributed by atoms with E-state index in [4.69, 9.17) is 17.3 Å². The zero-order valence-corrected chi connectivity index (χ0v) is 14.4. The molecule has 3 rings (SSSR count). The van der Waals surface area contributed by atoms with Crippen LogP contribution in [0.1, 0.15) is 30.0 Å². The summed E-state index contributed by atoms with van der Waals surface area (Å²) in [7, 11) is 0. The minimum atomic E-state index is -0.601. The molecule has 0 aliphatic carbocycles. The highest BCUT2D eigenvalue weighted by molar-refractivity contribution is 6.31. The molecule has 9 heteroatoms. The molecule has 0 radical (unpaired) electrons. The second-order valence-electron chi connectivity index (χ2n) is 5.91. The lowest BCUT2D eigenvalue weighted by Gasteiger charge is -2.26. The number of primary amides is 1. The van der Waals surface area contributed by atoms with Crippen LogP contribution >= 0.6 is 11.6 Å². The summed E-state index contributed by atoms with van der Waals surface area (Å²) in [5.74, 6) is -0.180. The van der Waals surface area contributed by atoms with E-state index in [1.54, 1.807) is 36.8 Å². The Bertz CT molecular complexity index is 905. The van der Waals surface area contributed by atoms with Gasteiger partial charge in [0.1, 0.15) is 5.69 Å². The largest absolute Gasteiger partial charge is 0.364 e. The first kappa shape index (κ1) is 16.8. The van der Waals surface area contributed by atoms with Gasteiger partial charge in [-0.3, -0.25) is 14.9 Å². The Kier molecular flexibility index (Phi) is 4.37. The minimum absolute atomic E-state index is 0.156. The molecular weight excluding hydrogens is 342 g/mol. The van der Waals surface area contributed by atoms with Crippen LogP contribution in [0.15, 0.2) is 36.8 Å². The van der Waals surface area contributed by atoms with E-state index in [1.165, 1.54) is 0 Å². The number of aromatic nitrogens is 5. The number of carbonyl (C=O) groups excluding carboxylic acids is 1. The maximum atomic E-state index is 11.1. The Morgan fingerprint density at radius 3 is 2.60 bits per heavy atom. The summed E-state index contributed by atoms with van der Waals surface area (Å²) in [6.45, 7) is 3.87. The van der Waals surface area contributed by atoms with E-state index in [9.17, 15) is 4.79 Å². The van der Waals surface area contributed by atoms with Gasteiger partial charge >= 0.3 is 0 Å². The average Bonchev–Trinajstić information content (AvgIpc) is 3.06. The van der Waals surface area contributed by atoms with Crippen LogP contribution in [0.4, 0.5) is 5.95 Å². The Morgan fingerprint density at radius 1 is 1.28 bits per heavy atom. The third-order valence-corrected chi connectivity index (χ3v) is 3.87. The van der Waals surface area contributed by atoms with Crippen LogP contribution in [0.3, 0.4) is 0 Å². The van der Waals surface area contributed by atoms with E-state index >= 15 is 0 Å². The number of rotatable bonds is 5. The quantitative estimate of drug-likeness (QED) is 0.644. The molecule has 0 aliphatic rings. The van der Waals surface area contributed by atoms with Crippen molar-refractivity contribution in [3.63, 3.8) is 0 Å². The molecule has 0 aliphatic heterocycles. The first-order valence-corrected chi connectivity index (χ1v) is 7.81. The van der Waals surface area contributed by atoms with Crippen molar-refractivity contribution in [3.05, 3.63) is 53.2 Å². The smallest absolute Gasteiger partial charge is 0.269 e. The topological polar surface area (TPSA) is 122 Å². The molecule has 3 heterocycles. The highest BCUT2D eigenvalue weighted by Crippen LogP contribution is 2.28. The molecule has 3 aromatic rings. The number of hydrogen-bond donors (Lipinski definition) is 3. The Morgan fingerprint density at radius 2 is 2.00 bits per heavy atom. The number of nitrogens with one attached hydrogen (secondary N) is 2. The summed E-state index contributed by atoms with van der Waals surface area (Å²) in [4.78, 5) is 24.0. The van der Waals surface area contributed by atoms with Gasteiger partial charge in [0, 0.05) is 24.2 Å². The van der Waals surface area contributed by atoms with Crippen molar-refractivity contribution < 1.29 is 4.79 Å². The summed E-state index contributed by atoms with van der Waals surface area (Å²) in [5, 5.41) is 10.3. The van der Waals surface area contributed by atoms with Gasteiger partial charge in [0.25, 0.3) is 5.91 Å². The summed E-state index contributed by atoms with van der Waals surface area (Å²) in [6.07, 6.45) is 4.91. The second-order valence-corrected chi connectivity index (χ2v) is 6.32. The lowest BCUT2D eigenvalue weighted by molar-refractivity contribution is 0.0995. The standard InChI is InChI=1S/C16H16ClN7O/c1-16(2,13-10(17)4-3-5-19-13)22-15-20-7-9(8-21-15)11-6-12(14(18)25)24-23-11/h3-8H,1-2H3,(H2,18,25)(H,23,24)(H,20,21,22). The Hall–Kier alpha value is -3.00. The molecule has 128 valence electrons. The van der Waals surface area contributed by atoms with E-state index < -0.39 is 11.4 Å². The molecule has 0 atom stereocenters. The van der Waals surface area contributed by atoms with Gasteiger partial charge in [-0.25, -0.2) is 9.97 Å². The maximum absolute atomic E-state index is 11.1. The number of H-pyrrole nitrogens is 1. The lowest BCUT2D eigenvalue weighted by atomic mass is 10.00. The van der Waals surface area contributed by atoms with Gasteiger partial charge in [-0.2, -0.15) is 5.10 Å². The van der Waals surface area contributed by atoms with Crippen LogP contribution in [0.25, 0.3) is 11.3 Å². The molecule has 0 aromatic carbocycles. The number of aromatic amines is 1. The maximum Gasteiger partial charge on any atom is 0.269 e. The number of nitrogens with zero attached hydrogens (tertiary/aromatic N) is 4. The molecular formula is C16H16ClN7O. The molecule has 0 saturated carbocycles. The average molecular weight is 358 g/mol. The predicted octanol–water partition coefficient (Wildman–Crippen LogP) is 2.36. The Balaban J connectivity index is 1.80. The molecule has 0 bridgehead atoms. The monoisotopic (exact) mass is 357 g/mol. The summed E-state index contributed by atoms with van der Waals surface area (Å²) in [5.41, 5.74) is 6.76. The van der Waals surface area contributed by atoms with Gasteiger partial charge in [-0.1, -0.05) is 11.6 Å². The summed E-state index contributed by atoms with van der Waals surface area (Å²) in [6, 6.07) is 5.11. The first-order valence-electron chi connectivity index (χ1n) is 7.43. The Labute approximate surface area is 148 Å². The fourth-order valence-corrected chi connectivity index (χ4v) is 2.67. The van der Waals surface area contributed by atoms with Crippen molar-refractivity contribution in [1.29, 1.82) is 0 Å². The van der Waals surface area contributed by atoms with Crippen LogP contribution < -0.4 is 11.1 Å². The molecule has 4 N–H and O–H groups in total. The molecule has 0 unspecified atom stereocenters. The lowest BCUT2D eigenvalue weighted by Crippen LogP contribution is -2.30. The first-order chi connectivity index (χ1) is 11.9.